The van der Waals surface area contributed by atoms with Gasteiger partial charge >= 0.3 is 0 Å². The van der Waals surface area contributed by atoms with E-state index in [2.05, 4.69) is 17.3 Å². The Morgan fingerprint density at radius 3 is 2.83 bits per heavy atom. The zero-order chi connectivity index (χ0) is 16.1. The van der Waals surface area contributed by atoms with Gasteiger partial charge in [-0.1, -0.05) is 25.3 Å². The molecule has 5 heteroatoms. The van der Waals surface area contributed by atoms with Crippen LogP contribution in [0.2, 0.25) is 0 Å². The van der Waals surface area contributed by atoms with Crippen LogP contribution in [0.3, 0.4) is 0 Å². The molecule has 1 N–H and O–H groups in total. The molecule has 1 aromatic rings. The monoisotopic (exact) mass is 318 g/mol. The quantitative estimate of drug-likeness (QED) is 0.906. The average molecular weight is 318 g/mol. The van der Waals surface area contributed by atoms with Gasteiger partial charge in [0.1, 0.15) is 13.2 Å². The molecule has 23 heavy (non-hydrogen) atoms. The second-order valence-electron chi connectivity index (χ2n) is 6.36. The lowest BCUT2D eigenvalue weighted by atomic mass is 9.94. The molecule has 2 aliphatic rings. The van der Waals surface area contributed by atoms with Gasteiger partial charge in [0.2, 0.25) is 0 Å². The number of ether oxygens (including phenoxy) is 2. The molecular weight excluding hydrogens is 292 g/mol. The molecule has 0 bridgehead atoms. The Morgan fingerprint density at radius 1 is 1.22 bits per heavy atom. The van der Waals surface area contributed by atoms with E-state index in [1.54, 1.807) is 6.07 Å². The first kappa shape index (κ1) is 16.1. The maximum atomic E-state index is 12.4. The van der Waals surface area contributed by atoms with E-state index < -0.39 is 0 Å². The molecule has 1 aliphatic carbocycles. The van der Waals surface area contributed by atoms with Crippen molar-refractivity contribution in [2.75, 3.05) is 33.4 Å². The summed E-state index contributed by atoms with van der Waals surface area (Å²) in [6.45, 7) is 2.55. The van der Waals surface area contributed by atoms with Gasteiger partial charge in [-0.3, -0.25) is 4.79 Å². The maximum absolute atomic E-state index is 12.4. The Balaban J connectivity index is 1.51. The number of amides is 1. The van der Waals surface area contributed by atoms with Crippen LogP contribution in [0.5, 0.6) is 11.5 Å². The molecule has 0 aromatic heterocycles. The average Bonchev–Trinajstić information content (AvgIpc) is 2.61. The zero-order valence-electron chi connectivity index (χ0n) is 13.8. The van der Waals surface area contributed by atoms with Crippen LogP contribution in [-0.4, -0.2) is 50.2 Å². The number of benzene rings is 1. The van der Waals surface area contributed by atoms with Crippen LogP contribution >= 0.6 is 0 Å². The van der Waals surface area contributed by atoms with E-state index in [0.29, 0.717) is 42.9 Å². The summed E-state index contributed by atoms with van der Waals surface area (Å²) in [5.74, 6) is 1.13. The number of nitrogens with zero attached hydrogens (tertiary/aromatic N) is 1. The summed E-state index contributed by atoms with van der Waals surface area (Å²) in [6.07, 6.45) is 6.58. The van der Waals surface area contributed by atoms with Crippen molar-refractivity contribution >= 4 is 5.91 Å². The molecule has 0 spiro atoms. The number of likely N-dealkylation sites (N-methyl/N-ethyl adjacent to an activating group) is 1. The summed E-state index contributed by atoms with van der Waals surface area (Å²) in [7, 11) is 2.16. The predicted molar refractivity (Wildman–Crippen MR) is 89.3 cm³/mol. The first-order valence-corrected chi connectivity index (χ1v) is 8.63. The van der Waals surface area contributed by atoms with Gasteiger partial charge in [0.25, 0.3) is 5.91 Å². The largest absolute Gasteiger partial charge is 0.486 e. The number of fused-ring (bicyclic) bond motifs is 1. The summed E-state index contributed by atoms with van der Waals surface area (Å²) >= 11 is 0. The highest BCUT2D eigenvalue weighted by Crippen LogP contribution is 2.33. The smallest absolute Gasteiger partial charge is 0.255 e. The highest BCUT2D eigenvalue weighted by molar-refractivity contribution is 5.97. The van der Waals surface area contributed by atoms with Gasteiger partial charge in [-0.25, -0.2) is 0 Å². The maximum Gasteiger partial charge on any atom is 0.255 e. The number of hydrogen-bond donors (Lipinski definition) is 1. The first-order chi connectivity index (χ1) is 11.3. The topological polar surface area (TPSA) is 50.8 Å². The second kappa shape index (κ2) is 7.68. The first-order valence-electron chi connectivity index (χ1n) is 8.63. The van der Waals surface area contributed by atoms with Crippen molar-refractivity contribution in [3.8, 4) is 11.5 Å². The third kappa shape index (κ3) is 3.96. The van der Waals surface area contributed by atoms with Gasteiger partial charge in [0.05, 0.1) is 5.56 Å². The molecule has 1 aromatic carbocycles. The van der Waals surface area contributed by atoms with Gasteiger partial charge in [0.15, 0.2) is 11.5 Å². The molecule has 1 saturated carbocycles. The molecule has 0 saturated heterocycles. The van der Waals surface area contributed by atoms with E-state index in [-0.39, 0.29) is 5.91 Å². The van der Waals surface area contributed by atoms with Crippen molar-refractivity contribution in [1.29, 1.82) is 0 Å². The van der Waals surface area contributed by atoms with E-state index >= 15 is 0 Å². The molecule has 0 unspecified atom stereocenters. The molecule has 126 valence electrons. The van der Waals surface area contributed by atoms with Crippen LogP contribution in [0, 0.1) is 0 Å². The zero-order valence-corrected chi connectivity index (χ0v) is 13.8. The molecule has 0 radical (unpaired) electrons. The third-order valence-electron chi connectivity index (χ3n) is 4.76. The summed E-state index contributed by atoms with van der Waals surface area (Å²) in [6, 6.07) is 6.12. The molecule has 3 rings (SSSR count). The van der Waals surface area contributed by atoms with Crippen LogP contribution in [-0.2, 0) is 0 Å². The summed E-state index contributed by atoms with van der Waals surface area (Å²) in [5.41, 5.74) is 0.558. The van der Waals surface area contributed by atoms with Crippen LogP contribution in [0.1, 0.15) is 42.5 Å². The van der Waals surface area contributed by atoms with Gasteiger partial charge in [0, 0.05) is 19.1 Å². The van der Waals surface area contributed by atoms with E-state index in [9.17, 15) is 4.79 Å². The van der Waals surface area contributed by atoms with Gasteiger partial charge in [-0.2, -0.15) is 0 Å². The van der Waals surface area contributed by atoms with Crippen molar-refractivity contribution in [1.82, 2.24) is 10.2 Å². The number of carbonyl (C=O) groups is 1. The second-order valence-corrected chi connectivity index (χ2v) is 6.36. The molecule has 1 amide bonds. The van der Waals surface area contributed by atoms with Crippen molar-refractivity contribution in [3.05, 3.63) is 23.8 Å². The van der Waals surface area contributed by atoms with Crippen molar-refractivity contribution in [2.45, 2.75) is 38.1 Å². The Kier molecular flexibility index (Phi) is 5.39. The summed E-state index contributed by atoms with van der Waals surface area (Å²) in [4.78, 5) is 14.8. The van der Waals surface area contributed by atoms with Crippen LogP contribution in [0.25, 0.3) is 0 Å². The molecule has 1 heterocycles. The van der Waals surface area contributed by atoms with Crippen LogP contribution in [0.15, 0.2) is 18.2 Å². The fraction of sp³-hybridized carbons (Fsp3) is 0.611. The number of hydrogen-bond acceptors (Lipinski definition) is 4. The van der Waals surface area contributed by atoms with Gasteiger partial charge in [-0.05, 0) is 32.0 Å². The van der Waals surface area contributed by atoms with E-state index in [1.807, 2.05) is 12.1 Å². The fourth-order valence-electron chi connectivity index (χ4n) is 3.40. The Morgan fingerprint density at radius 2 is 2.00 bits per heavy atom. The minimum absolute atomic E-state index is 0.0932. The van der Waals surface area contributed by atoms with Gasteiger partial charge < -0.3 is 19.7 Å². The number of rotatable bonds is 5. The minimum Gasteiger partial charge on any atom is -0.486 e. The number of nitrogens with one attached hydrogen (secondary N) is 1. The highest BCUT2D eigenvalue weighted by Gasteiger charge is 2.21. The third-order valence-corrected chi connectivity index (χ3v) is 4.76. The Hall–Kier alpha value is -1.75. The highest BCUT2D eigenvalue weighted by atomic mass is 16.6. The summed E-state index contributed by atoms with van der Waals surface area (Å²) in [5, 5.41) is 3.00. The molecule has 1 fully saturated rings. The lowest BCUT2D eigenvalue weighted by molar-refractivity contribution is 0.0933. The van der Waals surface area contributed by atoms with Crippen LogP contribution < -0.4 is 14.8 Å². The standard InChI is InChI=1S/C18H26N2O3/c1-20(14-6-3-2-4-7-14)11-10-19-18(21)15-8-5-9-16-17(15)23-13-12-22-16/h5,8-9,14H,2-4,6-7,10-13H2,1H3,(H,19,21). The lowest BCUT2D eigenvalue weighted by Crippen LogP contribution is -2.39. The van der Waals surface area contributed by atoms with Crippen molar-refractivity contribution < 1.29 is 14.3 Å². The normalized spacial score (nSPS) is 18.0. The molecule has 1 aliphatic heterocycles. The van der Waals surface area contributed by atoms with E-state index in [0.717, 1.165) is 6.54 Å². The lowest BCUT2D eigenvalue weighted by Gasteiger charge is -2.31. The fourth-order valence-corrected chi connectivity index (χ4v) is 3.40. The number of para-hydroxylation sites is 1. The van der Waals surface area contributed by atoms with E-state index in [1.165, 1.54) is 32.1 Å². The Bertz CT molecular complexity index is 541. The van der Waals surface area contributed by atoms with Gasteiger partial charge in [-0.15, -0.1) is 0 Å². The SMILES string of the molecule is CN(CCNC(=O)c1cccc2c1OCCO2)C1CCCCC1. The van der Waals surface area contributed by atoms with E-state index in [4.69, 9.17) is 9.47 Å². The Labute approximate surface area is 137 Å². The molecule has 0 atom stereocenters. The predicted octanol–water partition coefficient (Wildman–Crippen LogP) is 2.45. The molecular formula is C18H26N2O3. The number of carbonyl (C=O) groups excluding carboxylic acids is 1. The molecule has 5 nitrogen and oxygen atoms in total. The van der Waals surface area contributed by atoms with Crippen LogP contribution in [0.4, 0.5) is 0 Å². The summed E-state index contributed by atoms with van der Waals surface area (Å²) < 4.78 is 11.1. The van der Waals surface area contributed by atoms with Crippen molar-refractivity contribution in [3.63, 3.8) is 0 Å². The van der Waals surface area contributed by atoms with Crippen molar-refractivity contribution in [2.24, 2.45) is 0 Å². The minimum atomic E-state index is -0.0932.